The van der Waals surface area contributed by atoms with Gasteiger partial charge in [-0.25, -0.2) is 8.78 Å². The maximum absolute atomic E-state index is 14.3. The van der Waals surface area contributed by atoms with Crippen LogP contribution in [0.25, 0.3) is 5.69 Å². The molecular weight excluding hydrogens is 478 g/mol. The number of rotatable bonds is 8. The third-order valence-electron chi connectivity index (χ3n) is 6.38. The zero-order chi connectivity index (χ0) is 26.7. The predicted octanol–water partition coefficient (Wildman–Crippen LogP) is 4.46. The summed E-state index contributed by atoms with van der Waals surface area (Å²) in [6, 6.07) is 9.52. The topological polar surface area (TPSA) is 91.3 Å². The Morgan fingerprint density at radius 2 is 1.59 bits per heavy atom. The van der Waals surface area contributed by atoms with Crippen LogP contribution in [0.4, 0.5) is 25.8 Å². The quantitative estimate of drug-likeness (QED) is 0.415. The smallest absolute Gasteiger partial charge is 0.276 e. The van der Waals surface area contributed by atoms with Crippen LogP contribution in [0, 0.1) is 11.6 Å². The molecule has 0 radical (unpaired) electrons. The van der Waals surface area contributed by atoms with E-state index >= 15 is 0 Å². The summed E-state index contributed by atoms with van der Waals surface area (Å²) in [7, 11) is 1.89. The van der Waals surface area contributed by atoms with Gasteiger partial charge in [0.2, 0.25) is 0 Å². The number of aromatic nitrogens is 2. The van der Waals surface area contributed by atoms with Crippen LogP contribution in [-0.4, -0.2) is 41.9 Å². The first-order valence-corrected chi connectivity index (χ1v) is 12.4. The molecule has 1 atom stereocenters. The van der Waals surface area contributed by atoms with E-state index in [-0.39, 0.29) is 17.8 Å². The first-order chi connectivity index (χ1) is 17.7. The molecule has 37 heavy (non-hydrogen) atoms. The number of carbonyl (C=O) groups is 1. The van der Waals surface area contributed by atoms with Crippen LogP contribution in [0.1, 0.15) is 55.7 Å². The lowest BCUT2D eigenvalue weighted by Crippen LogP contribution is -2.28. The first-order valence-electron chi connectivity index (χ1n) is 12.4. The van der Waals surface area contributed by atoms with Crippen molar-refractivity contribution < 1.29 is 13.6 Å². The molecule has 1 aliphatic rings. The summed E-state index contributed by atoms with van der Waals surface area (Å²) >= 11 is 0. The molecule has 1 amide bonds. The van der Waals surface area contributed by atoms with Crippen molar-refractivity contribution in [3.63, 3.8) is 0 Å². The molecule has 3 N–H and O–H groups in total. The molecule has 0 spiro atoms. The second-order valence-corrected chi connectivity index (χ2v) is 9.42. The number of carbonyl (C=O) groups excluding carboxylic acids is 1. The van der Waals surface area contributed by atoms with E-state index in [2.05, 4.69) is 46.7 Å². The fourth-order valence-electron chi connectivity index (χ4n) is 4.58. The van der Waals surface area contributed by atoms with Crippen molar-refractivity contribution in [3.05, 3.63) is 75.7 Å². The fourth-order valence-corrected chi connectivity index (χ4v) is 4.58. The van der Waals surface area contributed by atoms with Gasteiger partial charge in [0, 0.05) is 42.5 Å². The van der Waals surface area contributed by atoms with Crippen molar-refractivity contribution in [2.45, 2.75) is 45.7 Å². The molecule has 0 aliphatic carbocycles. The summed E-state index contributed by atoms with van der Waals surface area (Å²) in [5.41, 5.74) is 1.96. The summed E-state index contributed by atoms with van der Waals surface area (Å²) in [5, 5.41) is 13.7. The molecule has 1 aromatic heterocycles. The third kappa shape index (κ3) is 5.48. The largest absolute Gasteiger partial charge is 0.383 e. The van der Waals surface area contributed by atoms with Crippen LogP contribution in [0.2, 0.25) is 0 Å². The van der Waals surface area contributed by atoms with Gasteiger partial charge in [-0.05, 0) is 71.0 Å². The lowest BCUT2D eigenvalue weighted by molar-refractivity contribution is 0.102. The van der Waals surface area contributed by atoms with E-state index in [0.717, 1.165) is 61.1 Å². The fraction of sp³-hybridized carbons (Fsp3) is 0.370. The minimum absolute atomic E-state index is 0.0160. The Morgan fingerprint density at radius 3 is 2.22 bits per heavy atom. The third-order valence-corrected chi connectivity index (χ3v) is 6.38. The number of anilines is 3. The summed E-state index contributed by atoms with van der Waals surface area (Å²) in [6.07, 6.45) is 2.09. The molecule has 3 aromatic rings. The Labute approximate surface area is 214 Å². The molecule has 1 unspecified atom stereocenters. The van der Waals surface area contributed by atoms with Crippen LogP contribution in [0.15, 0.2) is 47.3 Å². The minimum atomic E-state index is -0.956. The van der Waals surface area contributed by atoms with Crippen molar-refractivity contribution in [1.29, 1.82) is 0 Å². The van der Waals surface area contributed by atoms with Crippen LogP contribution in [0.3, 0.4) is 0 Å². The minimum Gasteiger partial charge on any atom is -0.383 e. The number of nitrogens with one attached hydrogen (secondary N) is 3. The van der Waals surface area contributed by atoms with Crippen molar-refractivity contribution in [2.24, 2.45) is 0 Å². The summed E-state index contributed by atoms with van der Waals surface area (Å²) in [6.45, 7) is 7.91. The molecule has 2 heterocycles. The number of halogens is 2. The van der Waals surface area contributed by atoms with Gasteiger partial charge in [0.1, 0.15) is 11.4 Å². The monoisotopic (exact) mass is 510 g/mol. The highest BCUT2D eigenvalue weighted by Gasteiger charge is 2.26. The van der Waals surface area contributed by atoms with Crippen molar-refractivity contribution in [1.82, 2.24) is 15.1 Å². The number of hydrogen-bond donors (Lipinski definition) is 3. The highest BCUT2D eigenvalue weighted by atomic mass is 19.1. The molecule has 2 aromatic carbocycles. The molecular formula is C27H32F2N6O2. The molecule has 1 fully saturated rings. The Bertz CT molecular complexity index is 1330. The highest BCUT2D eigenvalue weighted by molar-refractivity contribution is 6.05. The van der Waals surface area contributed by atoms with Crippen molar-refractivity contribution >= 4 is 23.0 Å². The van der Waals surface area contributed by atoms with E-state index in [9.17, 15) is 18.4 Å². The van der Waals surface area contributed by atoms with Gasteiger partial charge in [-0.15, -0.1) is 0 Å². The molecule has 0 bridgehead atoms. The molecule has 1 aliphatic heterocycles. The normalized spacial score (nSPS) is 14.2. The molecule has 1 saturated heterocycles. The van der Waals surface area contributed by atoms with E-state index in [4.69, 9.17) is 0 Å². The molecule has 8 nitrogen and oxygen atoms in total. The van der Waals surface area contributed by atoms with Gasteiger partial charge in [-0.3, -0.25) is 9.59 Å². The number of amides is 1. The summed E-state index contributed by atoms with van der Waals surface area (Å²) in [5.74, 6) is -2.51. The Kier molecular flexibility index (Phi) is 7.87. The molecule has 196 valence electrons. The SMILES string of the molecule is CNC(C)c1c(NC(C)C)ccc(NC(=O)c2ccc(=O)n(-c3c(F)cccc3F)n2)c1N1CCCC1. The van der Waals surface area contributed by atoms with Gasteiger partial charge >= 0.3 is 0 Å². The Hall–Kier alpha value is -3.79. The number of nitrogens with zero attached hydrogens (tertiary/aromatic N) is 3. The Morgan fingerprint density at radius 1 is 0.946 bits per heavy atom. The second kappa shape index (κ2) is 11.1. The zero-order valence-electron chi connectivity index (χ0n) is 21.4. The standard InChI is InChI=1S/C27H32F2N6O2/c1-16(2)31-20-10-11-21(26(24(20)17(3)30-4)34-14-5-6-15-34)32-27(37)22-12-13-23(36)35(33-22)25-18(28)8-7-9-19(25)29/h7-13,16-17,30-31H,5-6,14-15H2,1-4H3,(H,32,37). The average molecular weight is 511 g/mol. The van der Waals surface area contributed by atoms with E-state index in [0.29, 0.717) is 10.4 Å². The van der Waals surface area contributed by atoms with E-state index in [1.165, 1.54) is 12.1 Å². The molecule has 4 rings (SSSR count). The number of para-hydroxylation sites is 1. The van der Waals surface area contributed by atoms with Crippen LogP contribution in [0.5, 0.6) is 0 Å². The molecule has 10 heteroatoms. The number of hydrogen-bond acceptors (Lipinski definition) is 6. The highest BCUT2D eigenvalue weighted by Crippen LogP contribution is 2.41. The van der Waals surface area contributed by atoms with E-state index in [1.54, 1.807) is 0 Å². The van der Waals surface area contributed by atoms with Gasteiger partial charge in [-0.1, -0.05) is 6.07 Å². The zero-order valence-corrected chi connectivity index (χ0v) is 21.4. The first kappa shape index (κ1) is 26.3. The van der Waals surface area contributed by atoms with Gasteiger partial charge in [0.15, 0.2) is 11.6 Å². The maximum Gasteiger partial charge on any atom is 0.276 e. The second-order valence-electron chi connectivity index (χ2n) is 9.42. The number of benzene rings is 2. The van der Waals surface area contributed by atoms with E-state index in [1.807, 2.05) is 19.2 Å². The lowest BCUT2D eigenvalue weighted by Gasteiger charge is -2.30. The van der Waals surface area contributed by atoms with Gasteiger partial charge in [0.25, 0.3) is 11.5 Å². The summed E-state index contributed by atoms with van der Waals surface area (Å²) in [4.78, 5) is 28.0. The Balaban J connectivity index is 1.77. The van der Waals surface area contributed by atoms with Crippen molar-refractivity contribution in [3.8, 4) is 5.69 Å². The van der Waals surface area contributed by atoms with Crippen LogP contribution >= 0.6 is 0 Å². The average Bonchev–Trinajstić information content (AvgIpc) is 3.39. The van der Waals surface area contributed by atoms with Gasteiger partial charge < -0.3 is 20.9 Å². The predicted molar refractivity (Wildman–Crippen MR) is 142 cm³/mol. The summed E-state index contributed by atoms with van der Waals surface area (Å²) < 4.78 is 29.3. The van der Waals surface area contributed by atoms with E-state index < -0.39 is 28.8 Å². The maximum atomic E-state index is 14.3. The van der Waals surface area contributed by atoms with Crippen LogP contribution < -0.4 is 26.4 Å². The molecule has 0 saturated carbocycles. The van der Waals surface area contributed by atoms with Crippen LogP contribution in [-0.2, 0) is 0 Å². The van der Waals surface area contributed by atoms with Crippen molar-refractivity contribution in [2.75, 3.05) is 35.7 Å². The lowest BCUT2D eigenvalue weighted by atomic mass is 10.00. The van der Waals surface area contributed by atoms with Gasteiger partial charge in [-0.2, -0.15) is 9.78 Å². The van der Waals surface area contributed by atoms with Gasteiger partial charge in [0.05, 0.1) is 11.4 Å².